The molecule has 0 fully saturated rings. The molecule has 8 nitrogen and oxygen atoms in total. The van der Waals surface area contributed by atoms with E-state index in [9.17, 15) is 14.7 Å². The number of allylic oxidation sites excluding steroid dienone is 7. The lowest BCUT2D eigenvalue weighted by atomic mass is 10.1. The molecule has 0 aliphatic carbocycles. The number of aliphatic carboxylic acids is 1. The monoisotopic (exact) mass is 513 g/mol. The number of benzene rings is 2. The van der Waals surface area contributed by atoms with E-state index in [0.29, 0.717) is 40.7 Å². The molecule has 0 saturated carbocycles. The number of hydrogen-bond acceptors (Lipinski definition) is 6. The van der Waals surface area contributed by atoms with E-state index in [1.54, 1.807) is 22.8 Å². The summed E-state index contributed by atoms with van der Waals surface area (Å²) < 4.78 is 18.6. The Balaban J connectivity index is 1.59. The number of carboxylic acid groups (broad SMARTS) is 1. The fourth-order valence-corrected chi connectivity index (χ4v) is 3.95. The number of aryl methyl sites for hydroxylation is 1. The molecule has 1 aliphatic rings. The summed E-state index contributed by atoms with van der Waals surface area (Å²) in [6.07, 6.45) is 13.2. The highest BCUT2D eigenvalue weighted by Crippen LogP contribution is 2.25. The summed E-state index contributed by atoms with van der Waals surface area (Å²) in [5.41, 5.74) is 4.22. The average molecular weight is 514 g/mol. The Hall–Kier alpha value is -4.85. The van der Waals surface area contributed by atoms with Gasteiger partial charge in [-0.15, -0.1) is 0 Å². The van der Waals surface area contributed by atoms with E-state index in [1.165, 1.54) is 0 Å². The Morgan fingerprint density at radius 2 is 1.84 bits per heavy atom. The normalized spacial score (nSPS) is 14.6. The number of oxazole rings is 1. The van der Waals surface area contributed by atoms with E-state index in [0.717, 1.165) is 16.8 Å². The van der Waals surface area contributed by atoms with Crippen molar-refractivity contribution in [3.05, 3.63) is 101 Å². The minimum Gasteiger partial charge on any atom is -0.481 e. The van der Waals surface area contributed by atoms with E-state index in [4.69, 9.17) is 13.9 Å². The number of carbonyl (C=O) groups is 2. The SMILES string of the molecule is CC1=C/C(=C\c2oc3cc(OC=O)ccc3[n+]2CCC(=O)O)C=C(/C=C/C=C/c2ccc(N(C)C)cc2)O1. The molecule has 0 amide bonds. The molecule has 38 heavy (non-hydrogen) atoms. The standard InChI is InChI=1S/C30H28N2O6/c1-21-16-23(17-26(37-21)7-5-4-6-22-8-10-24(11-9-22)31(2)3)18-29-32(15-14-30(34)35)27-13-12-25(36-20-33)19-28(27)38-29/h4-13,16-20H,14-15H2,1-3H3/p+1. The van der Waals surface area contributed by atoms with Gasteiger partial charge in [-0.1, -0.05) is 30.4 Å². The predicted octanol–water partition coefficient (Wildman–Crippen LogP) is 5.27. The fourth-order valence-electron chi connectivity index (χ4n) is 3.95. The second-order valence-corrected chi connectivity index (χ2v) is 8.83. The molecule has 0 radical (unpaired) electrons. The first-order chi connectivity index (χ1) is 18.3. The van der Waals surface area contributed by atoms with Crippen molar-refractivity contribution >= 4 is 41.4 Å². The van der Waals surface area contributed by atoms with Crippen LogP contribution in [0.5, 0.6) is 5.75 Å². The molecule has 1 N–H and O–H groups in total. The van der Waals surface area contributed by atoms with Crippen molar-refractivity contribution in [2.45, 2.75) is 19.9 Å². The summed E-state index contributed by atoms with van der Waals surface area (Å²) in [5, 5.41) is 9.22. The molecule has 1 aliphatic heterocycles. The molecule has 8 heteroatoms. The third-order valence-corrected chi connectivity index (χ3v) is 5.75. The maximum absolute atomic E-state index is 11.2. The zero-order chi connectivity index (χ0) is 27.1. The van der Waals surface area contributed by atoms with Crippen LogP contribution in [0, 0.1) is 0 Å². The third kappa shape index (κ3) is 6.67. The van der Waals surface area contributed by atoms with Crippen LogP contribution < -0.4 is 14.2 Å². The highest BCUT2D eigenvalue weighted by Gasteiger charge is 2.23. The predicted molar refractivity (Wildman–Crippen MR) is 145 cm³/mol. The Kier molecular flexibility index (Phi) is 8.23. The molecule has 0 saturated heterocycles. The molecule has 4 rings (SSSR count). The second-order valence-electron chi connectivity index (χ2n) is 8.83. The number of hydrogen-bond donors (Lipinski definition) is 1. The highest BCUT2D eigenvalue weighted by molar-refractivity contribution is 5.73. The Bertz CT molecular complexity index is 1490. The van der Waals surface area contributed by atoms with Crippen LogP contribution >= 0.6 is 0 Å². The minimum atomic E-state index is -0.915. The van der Waals surface area contributed by atoms with Crippen molar-refractivity contribution in [2.75, 3.05) is 19.0 Å². The summed E-state index contributed by atoms with van der Waals surface area (Å²) in [7, 11) is 4.02. The van der Waals surface area contributed by atoms with Gasteiger partial charge in [-0.05, 0) is 54.5 Å². The van der Waals surface area contributed by atoms with Gasteiger partial charge >= 0.3 is 11.9 Å². The second kappa shape index (κ2) is 11.9. The van der Waals surface area contributed by atoms with Crippen LogP contribution in [-0.4, -0.2) is 31.6 Å². The number of carbonyl (C=O) groups excluding carboxylic acids is 1. The Morgan fingerprint density at radius 1 is 1.08 bits per heavy atom. The molecule has 2 heterocycles. The minimum absolute atomic E-state index is 0.0753. The van der Waals surface area contributed by atoms with Gasteiger partial charge in [0.1, 0.15) is 23.7 Å². The van der Waals surface area contributed by atoms with E-state index >= 15 is 0 Å². The maximum atomic E-state index is 11.2. The molecule has 1 aromatic heterocycles. The first-order valence-corrected chi connectivity index (χ1v) is 12.0. The molecule has 0 spiro atoms. The molecular formula is C30H29N2O6+. The van der Waals surface area contributed by atoms with E-state index in [-0.39, 0.29) is 13.0 Å². The smallest absolute Gasteiger partial charge is 0.374 e. The Labute approximate surface area is 220 Å². The van der Waals surface area contributed by atoms with Crippen molar-refractivity contribution < 1.29 is 33.2 Å². The number of fused-ring (bicyclic) bond motifs is 1. The number of aromatic nitrogens is 1. The number of rotatable bonds is 10. The van der Waals surface area contributed by atoms with Crippen LogP contribution in [0.25, 0.3) is 23.3 Å². The molecule has 194 valence electrons. The lowest BCUT2D eigenvalue weighted by Crippen LogP contribution is -2.36. The lowest BCUT2D eigenvalue weighted by Gasteiger charge is -2.12. The first kappa shape index (κ1) is 26.2. The van der Waals surface area contributed by atoms with Crippen molar-refractivity contribution in [3.63, 3.8) is 0 Å². The number of nitrogens with zero attached hydrogens (tertiary/aromatic N) is 2. The van der Waals surface area contributed by atoms with Crippen LogP contribution in [0.4, 0.5) is 5.69 Å². The Morgan fingerprint density at radius 3 is 2.55 bits per heavy atom. The zero-order valence-corrected chi connectivity index (χ0v) is 21.5. The van der Waals surface area contributed by atoms with Crippen molar-refractivity contribution in [1.82, 2.24) is 0 Å². The molecular weight excluding hydrogens is 484 g/mol. The van der Waals surface area contributed by atoms with Crippen molar-refractivity contribution in [3.8, 4) is 5.75 Å². The van der Waals surface area contributed by atoms with E-state index in [1.807, 2.05) is 63.6 Å². The zero-order valence-electron chi connectivity index (χ0n) is 21.5. The number of anilines is 1. The van der Waals surface area contributed by atoms with Gasteiger partial charge in [0, 0.05) is 31.9 Å². The highest BCUT2D eigenvalue weighted by atomic mass is 16.5. The van der Waals surface area contributed by atoms with Crippen LogP contribution in [0.1, 0.15) is 24.8 Å². The van der Waals surface area contributed by atoms with E-state index in [2.05, 4.69) is 29.2 Å². The largest absolute Gasteiger partial charge is 0.481 e. The van der Waals surface area contributed by atoms with Gasteiger partial charge in [0.15, 0.2) is 6.54 Å². The van der Waals surface area contributed by atoms with Crippen LogP contribution in [0.3, 0.4) is 0 Å². The van der Waals surface area contributed by atoms with Crippen LogP contribution in [0.15, 0.2) is 94.4 Å². The summed E-state index contributed by atoms with van der Waals surface area (Å²) in [4.78, 5) is 24.0. The number of carboxylic acids is 1. The molecule has 0 bridgehead atoms. The van der Waals surface area contributed by atoms with Crippen LogP contribution in [-0.2, 0) is 20.9 Å². The molecule has 2 aromatic carbocycles. The van der Waals surface area contributed by atoms with Crippen LogP contribution in [0.2, 0.25) is 0 Å². The molecule has 0 unspecified atom stereocenters. The third-order valence-electron chi connectivity index (χ3n) is 5.75. The topological polar surface area (TPSA) is 93.1 Å². The van der Waals surface area contributed by atoms with E-state index < -0.39 is 5.97 Å². The van der Waals surface area contributed by atoms with Gasteiger partial charge in [0.05, 0.1) is 6.08 Å². The van der Waals surface area contributed by atoms with Gasteiger partial charge in [0.2, 0.25) is 5.58 Å². The summed E-state index contributed by atoms with van der Waals surface area (Å²) in [6.45, 7) is 2.42. The summed E-state index contributed by atoms with van der Waals surface area (Å²) in [6, 6.07) is 13.2. The quantitative estimate of drug-likeness (QED) is 0.224. The van der Waals surface area contributed by atoms with Gasteiger partial charge in [-0.25, -0.2) is 0 Å². The number of ether oxygens (including phenoxy) is 2. The van der Waals surface area contributed by atoms with Gasteiger partial charge in [-0.3, -0.25) is 9.59 Å². The summed E-state index contributed by atoms with van der Waals surface area (Å²) in [5.74, 6) is 1.24. The first-order valence-electron chi connectivity index (χ1n) is 12.0. The van der Waals surface area contributed by atoms with Crippen molar-refractivity contribution in [1.29, 1.82) is 0 Å². The maximum Gasteiger partial charge on any atom is 0.374 e. The van der Waals surface area contributed by atoms with Gasteiger partial charge < -0.3 is 23.9 Å². The average Bonchev–Trinajstić information content (AvgIpc) is 3.21. The lowest BCUT2D eigenvalue weighted by molar-refractivity contribution is -0.677. The van der Waals surface area contributed by atoms with Crippen molar-refractivity contribution in [2.24, 2.45) is 0 Å². The van der Waals surface area contributed by atoms with Gasteiger partial charge in [0.25, 0.3) is 12.0 Å². The molecule has 3 aromatic rings. The summed E-state index contributed by atoms with van der Waals surface area (Å²) >= 11 is 0. The fraction of sp³-hybridized carbons (Fsp3) is 0.167. The van der Waals surface area contributed by atoms with Gasteiger partial charge in [-0.2, -0.15) is 4.57 Å². The molecule has 0 atom stereocenters.